The molecule has 39 heavy (non-hydrogen) atoms. The minimum absolute atomic E-state index is 0.0391. The Morgan fingerprint density at radius 3 is 2.56 bits per heavy atom. The van der Waals surface area contributed by atoms with Gasteiger partial charge in [0.15, 0.2) is 0 Å². The summed E-state index contributed by atoms with van der Waals surface area (Å²) in [4.78, 5) is 15.5. The van der Waals surface area contributed by atoms with Crippen LogP contribution in [0.3, 0.4) is 0 Å². The van der Waals surface area contributed by atoms with E-state index >= 15 is 0 Å². The molecule has 0 fully saturated rings. The quantitative estimate of drug-likeness (QED) is 0.246. The summed E-state index contributed by atoms with van der Waals surface area (Å²) in [5.74, 6) is -0.677. The zero-order chi connectivity index (χ0) is 28.4. The molecule has 4 aromatic rings. The van der Waals surface area contributed by atoms with Crippen LogP contribution in [0.5, 0.6) is 5.75 Å². The zero-order valence-corrected chi connectivity index (χ0v) is 22.4. The largest absolute Gasteiger partial charge is 0.598 e. The number of benzene rings is 2. The van der Waals surface area contributed by atoms with Gasteiger partial charge in [0.1, 0.15) is 17.1 Å². The highest BCUT2D eigenvalue weighted by atomic mass is 32.2. The number of fused-ring (bicyclic) bond motifs is 1. The van der Waals surface area contributed by atoms with Gasteiger partial charge in [-0.05, 0) is 73.9 Å². The maximum absolute atomic E-state index is 13.8. The SMILES string of the molecule is CC(C)(C)[S+]([O-])NCc1cc(-c2cc(COc3ccccc3CC(=O)O)cc3c2ccn3C(F)(F)F)ccn1. The van der Waals surface area contributed by atoms with Crippen molar-refractivity contribution in [3.05, 3.63) is 83.8 Å². The highest BCUT2D eigenvalue weighted by Crippen LogP contribution is 2.36. The first-order valence-corrected chi connectivity index (χ1v) is 13.2. The van der Waals surface area contributed by atoms with Crippen molar-refractivity contribution in [2.75, 3.05) is 0 Å². The second-order valence-corrected chi connectivity index (χ2v) is 12.0. The second-order valence-electron chi connectivity index (χ2n) is 9.93. The standard InChI is InChI=1S/C28H28F3N3O4S/c1-27(2,3)39(37)33-16-21-14-19(8-10-32-21)23-12-18(13-24-22(23)9-11-34(24)28(29,30)31)17-38-25-7-5-4-6-20(25)15-26(35)36/h4-14,33H,15-17H2,1-3H3,(H,35,36). The van der Waals surface area contributed by atoms with Gasteiger partial charge in [0.2, 0.25) is 0 Å². The average molecular weight is 560 g/mol. The Morgan fingerprint density at radius 2 is 1.87 bits per heavy atom. The van der Waals surface area contributed by atoms with E-state index < -0.39 is 28.4 Å². The van der Waals surface area contributed by atoms with Gasteiger partial charge in [0, 0.05) is 34.7 Å². The minimum atomic E-state index is -4.63. The summed E-state index contributed by atoms with van der Waals surface area (Å²) in [7, 11) is 0. The third-order valence-corrected chi connectivity index (χ3v) is 7.44. The number of carboxylic acid groups (broad SMARTS) is 1. The van der Waals surface area contributed by atoms with E-state index in [0.29, 0.717) is 39.1 Å². The molecule has 206 valence electrons. The van der Waals surface area contributed by atoms with Gasteiger partial charge in [0.05, 0.1) is 24.2 Å². The average Bonchev–Trinajstić information content (AvgIpc) is 3.30. The summed E-state index contributed by atoms with van der Waals surface area (Å²) in [6.45, 7) is 5.67. The number of rotatable bonds is 9. The molecular weight excluding hydrogens is 531 g/mol. The lowest BCUT2D eigenvalue weighted by molar-refractivity contribution is -0.200. The normalized spacial score (nSPS) is 13.0. The number of carbonyl (C=O) groups is 1. The second kappa shape index (κ2) is 11.3. The lowest BCUT2D eigenvalue weighted by Gasteiger charge is -2.23. The predicted molar refractivity (Wildman–Crippen MR) is 143 cm³/mol. The number of alkyl halides is 3. The molecule has 2 aromatic heterocycles. The number of para-hydroxylation sites is 1. The fourth-order valence-corrected chi connectivity index (χ4v) is 4.77. The smallest absolute Gasteiger partial charge is 0.488 e. The molecule has 0 aliphatic carbocycles. The van der Waals surface area contributed by atoms with E-state index in [2.05, 4.69) is 9.71 Å². The van der Waals surface area contributed by atoms with E-state index in [4.69, 9.17) is 4.74 Å². The summed E-state index contributed by atoms with van der Waals surface area (Å²) < 4.78 is 62.4. The van der Waals surface area contributed by atoms with Crippen molar-refractivity contribution in [1.29, 1.82) is 0 Å². The molecule has 0 aliphatic heterocycles. The van der Waals surface area contributed by atoms with Crippen molar-refractivity contribution in [1.82, 2.24) is 14.3 Å². The molecule has 0 radical (unpaired) electrons. The molecule has 2 aromatic carbocycles. The van der Waals surface area contributed by atoms with Crippen molar-refractivity contribution < 1.29 is 32.4 Å². The van der Waals surface area contributed by atoms with E-state index in [1.54, 1.807) is 48.7 Å². The number of ether oxygens (including phenoxy) is 1. The Hall–Kier alpha value is -3.54. The van der Waals surface area contributed by atoms with Crippen LogP contribution < -0.4 is 9.46 Å². The van der Waals surface area contributed by atoms with Gasteiger partial charge in [-0.25, -0.2) is 0 Å². The lowest BCUT2D eigenvalue weighted by Crippen LogP contribution is -2.39. The molecule has 11 heteroatoms. The molecule has 2 N–H and O–H groups in total. The lowest BCUT2D eigenvalue weighted by atomic mass is 9.99. The van der Waals surface area contributed by atoms with Crippen LogP contribution in [-0.2, 0) is 42.0 Å². The van der Waals surface area contributed by atoms with Gasteiger partial charge >= 0.3 is 12.3 Å². The molecule has 1 unspecified atom stereocenters. The fourth-order valence-electron chi connectivity index (χ4n) is 4.06. The van der Waals surface area contributed by atoms with Gasteiger partial charge in [-0.1, -0.05) is 18.2 Å². The van der Waals surface area contributed by atoms with Crippen molar-refractivity contribution in [3.63, 3.8) is 0 Å². The minimum Gasteiger partial charge on any atom is -0.598 e. The maximum atomic E-state index is 13.8. The van der Waals surface area contributed by atoms with E-state index in [-0.39, 0.29) is 29.7 Å². The number of aromatic nitrogens is 2. The number of halogens is 3. The fraction of sp³-hybridized carbons (Fsp3) is 0.286. The molecule has 7 nitrogen and oxygen atoms in total. The number of nitrogens with one attached hydrogen (secondary N) is 1. The number of aliphatic carboxylic acids is 1. The third kappa shape index (κ3) is 6.92. The molecular formula is C28H28F3N3O4S. The zero-order valence-electron chi connectivity index (χ0n) is 21.6. The summed E-state index contributed by atoms with van der Waals surface area (Å²) in [5, 5.41) is 9.57. The van der Waals surface area contributed by atoms with Crippen molar-refractivity contribution >= 4 is 28.2 Å². The van der Waals surface area contributed by atoms with Gasteiger partial charge < -0.3 is 14.4 Å². The molecule has 0 amide bonds. The summed E-state index contributed by atoms with van der Waals surface area (Å²) in [6, 6.07) is 14.7. The maximum Gasteiger partial charge on any atom is 0.488 e. The van der Waals surface area contributed by atoms with Gasteiger partial charge in [0.25, 0.3) is 0 Å². The highest BCUT2D eigenvalue weighted by Gasteiger charge is 2.32. The number of carboxylic acids is 1. The van der Waals surface area contributed by atoms with Crippen LogP contribution in [0.2, 0.25) is 0 Å². The Bertz CT molecular complexity index is 1480. The predicted octanol–water partition coefficient (Wildman–Crippen LogP) is 5.94. The van der Waals surface area contributed by atoms with Crippen molar-refractivity contribution in [2.24, 2.45) is 0 Å². The number of nitrogens with zero attached hydrogens (tertiary/aromatic N) is 2. The van der Waals surface area contributed by atoms with E-state index in [1.807, 2.05) is 20.8 Å². The van der Waals surface area contributed by atoms with Gasteiger partial charge in [-0.3, -0.25) is 14.3 Å². The topological polar surface area (TPSA) is 99.4 Å². The first-order chi connectivity index (χ1) is 18.3. The first-order valence-electron chi connectivity index (χ1n) is 12.1. The molecule has 1 atom stereocenters. The number of pyridine rings is 1. The van der Waals surface area contributed by atoms with Gasteiger partial charge in [-0.15, -0.1) is 17.9 Å². The van der Waals surface area contributed by atoms with E-state index in [1.165, 1.54) is 12.1 Å². The summed E-state index contributed by atoms with van der Waals surface area (Å²) in [5.41, 5.74) is 2.66. The van der Waals surface area contributed by atoms with Crippen LogP contribution in [0.1, 0.15) is 37.6 Å². The van der Waals surface area contributed by atoms with Gasteiger partial charge in [-0.2, -0.15) is 0 Å². The summed E-state index contributed by atoms with van der Waals surface area (Å²) >= 11 is -1.32. The molecule has 0 saturated heterocycles. The molecule has 0 saturated carbocycles. The number of hydrogen-bond donors (Lipinski definition) is 2. The molecule has 0 spiro atoms. The molecule has 0 aliphatic rings. The molecule has 2 heterocycles. The highest BCUT2D eigenvalue weighted by molar-refractivity contribution is 7.90. The van der Waals surface area contributed by atoms with Crippen LogP contribution in [0.25, 0.3) is 22.0 Å². The van der Waals surface area contributed by atoms with Crippen LogP contribution in [0, 0.1) is 0 Å². The Balaban J connectivity index is 1.71. The Kier molecular flexibility index (Phi) is 8.24. The summed E-state index contributed by atoms with van der Waals surface area (Å²) in [6.07, 6.45) is -2.33. The monoisotopic (exact) mass is 559 g/mol. The Labute approximate surface area is 226 Å². The van der Waals surface area contributed by atoms with Crippen LogP contribution >= 0.6 is 0 Å². The molecule has 0 bridgehead atoms. The first kappa shape index (κ1) is 28.5. The van der Waals surface area contributed by atoms with Crippen LogP contribution in [0.4, 0.5) is 13.2 Å². The number of hydrogen-bond acceptors (Lipinski definition) is 5. The van der Waals surface area contributed by atoms with Crippen molar-refractivity contribution in [3.8, 4) is 16.9 Å². The van der Waals surface area contributed by atoms with Crippen molar-refractivity contribution in [2.45, 2.75) is 51.4 Å². The van der Waals surface area contributed by atoms with E-state index in [0.717, 1.165) is 6.20 Å². The Morgan fingerprint density at radius 1 is 1.13 bits per heavy atom. The van der Waals surface area contributed by atoms with Crippen LogP contribution in [-0.4, -0.2) is 29.9 Å². The van der Waals surface area contributed by atoms with E-state index in [9.17, 15) is 27.6 Å². The molecule has 4 rings (SSSR count). The van der Waals surface area contributed by atoms with Crippen LogP contribution in [0.15, 0.2) is 67.0 Å². The third-order valence-electron chi connectivity index (χ3n) is 5.92.